The van der Waals surface area contributed by atoms with Crippen LogP contribution in [0, 0.1) is 10.1 Å². The highest BCUT2D eigenvalue weighted by Gasteiger charge is 2.09. The van der Waals surface area contributed by atoms with Crippen LogP contribution in [0.4, 0.5) is 17.1 Å². The van der Waals surface area contributed by atoms with E-state index >= 15 is 0 Å². The minimum absolute atomic E-state index is 0.0176. The van der Waals surface area contributed by atoms with Gasteiger partial charge in [-0.1, -0.05) is 0 Å². The van der Waals surface area contributed by atoms with Gasteiger partial charge in [0.2, 0.25) is 0 Å². The molecule has 4 N–H and O–H groups in total. The normalized spacial score (nSPS) is 10.2. The topological polar surface area (TPSA) is 106 Å². The number of hydrazine groups is 1. The van der Waals surface area contributed by atoms with Gasteiger partial charge in [0.15, 0.2) is 0 Å². The number of furan rings is 1. The van der Waals surface area contributed by atoms with Crippen molar-refractivity contribution in [3.05, 3.63) is 52.5 Å². The minimum atomic E-state index is -0.460. The van der Waals surface area contributed by atoms with Crippen LogP contribution in [-0.4, -0.2) is 11.5 Å². The Balaban J connectivity index is 2.02. The maximum Gasteiger partial charge on any atom is 0.273 e. The first kappa shape index (κ1) is 12.9. The molecule has 0 saturated heterocycles. The van der Waals surface area contributed by atoms with Gasteiger partial charge >= 0.3 is 0 Å². The number of anilines is 2. The quantitative estimate of drug-likeness (QED) is 0.418. The van der Waals surface area contributed by atoms with E-state index in [1.807, 2.05) is 12.1 Å². The standard InChI is InChI=1S/C12H14N4O3/c13-15-10-6-9(7-11(8-10)16(17)18)14-4-3-12-2-1-5-19-12/h1-2,5-8,14-15H,3-4,13H2. The molecule has 0 radical (unpaired) electrons. The molecule has 0 aliphatic carbocycles. The molecule has 0 atom stereocenters. The lowest BCUT2D eigenvalue weighted by molar-refractivity contribution is -0.384. The Morgan fingerprint density at radius 3 is 2.74 bits per heavy atom. The average Bonchev–Trinajstić information content (AvgIpc) is 2.91. The van der Waals surface area contributed by atoms with Gasteiger partial charge in [0.05, 0.1) is 16.9 Å². The van der Waals surface area contributed by atoms with E-state index in [0.29, 0.717) is 24.3 Å². The van der Waals surface area contributed by atoms with Gasteiger partial charge in [-0.05, 0) is 18.2 Å². The van der Waals surface area contributed by atoms with Crippen LogP contribution in [0.15, 0.2) is 41.0 Å². The van der Waals surface area contributed by atoms with Crippen LogP contribution in [-0.2, 0) is 6.42 Å². The molecular weight excluding hydrogens is 248 g/mol. The van der Waals surface area contributed by atoms with Crippen LogP contribution in [0.5, 0.6) is 0 Å². The highest BCUT2D eigenvalue weighted by Crippen LogP contribution is 2.23. The van der Waals surface area contributed by atoms with Gasteiger partial charge in [0, 0.05) is 30.8 Å². The van der Waals surface area contributed by atoms with Crippen molar-refractivity contribution in [1.29, 1.82) is 0 Å². The summed E-state index contributed by atoms with van der Waals surface area (Å²) in [5.41, 5.74) is 3.50. The summed E-state index contributed by atoms with van der Waals surface area (Å²) in [4.78, 5) is 10.3. The third-order valence-electron chi connectivity index (χ3n) is 2.58. The lowest BCUT2D eigenvalue weighted by Gasteiger charge is -2.07. The summed E-state index contributed by atoms with van der Waals surface area (Å²) in [6.07, 6.45) is 2.31. The van der Waals surface area contributed by atoms with E-state index in [-0.39, 0.29) is 5.69 Å². The van der Waals surface area contributed by atoms with Gasteiger partial charge in [-0.3, -0.25) is 16.0 Å². The highest BCUT2D eigenvalue weighted by molar-refractivity contribution is 5.63. The first-order chi connectivity index (χ1) is 9.19. The maximum absolute atomic E-state index is 10.8. The third-order valence-corrected chi connectivity index (χ3v) is 2.58. The zero-order chi connectivity index (χ0) is 13.7. The van der Waals surface area contributed by atoms with Gasteiger partial charge in [0.1, 0.15) is 5.76 Å². The minimum Gasteiger partial charge on any atom is -0.469 e. The predicted molar refractivity (Wildman–Crippen MR) is 71.8 cm³/mol. The molecule has 0 spiro atoms. The van der Waals surface area contributed by atoms with Crippen molar-refractivity contribution in [2.45, 2.75) is 6.42 Å². The van der Waals surface area contributed by atoms with E-state index in [9.17, 15) is 10.1 Å². The van der Waals surface area contributed by atoms with Crippen LogP contribution >= 0.6 is 0 Å². The first-order valence-corrected chi connectivity index (χ1v) is 5.71. The second-order valence-electron chi connectivity index (χ2n) is 3.93. The van der Waals surface area contributed by atoms with E-state index < -0.39 is 4.92 Å². The number of non-ortho nitro benzene ring substituents is 1. The number of nitrogens with one attached hydrogen (secondary N) is 2. The number of hydrogen-bond acceptors (Lipinski definition) is 6. The number of nitrogen functional groups attached to an aromatic ring is 1. The molecule has 0 unspecified atom stereocenters. The van der Waals surface area contributed by atoms with Gasteiger partial charge < -0.3 is 15.2 Å². The molecule has 7 heteroatoms. The zero-order valence-electron chi connectivity index (χ0n) is 10.1. The van der Waals surface area contributed by atoms with Gasteiger partial charge in [-0.2, -0.15) is 0 Å². The molecule has 2 aromatic rings. The van der Waals surface area contributed by atoms with E-state index in [1.165, 1.54) is 12.1 Å². The van der Waals surface area contributed by atoms with Crippen molar-refractivity contribution in [2.75, 3.05) is 17.3 Å². The average molecular weight is 262 g/mol. The summed E-state index contributed by atoms with van der Waals surface area (Å²) < 4.78 is 5.20. The second kappa shape index (κ2) is 5.87. The molecule has 0 bridgehead atoms. The summed E-state index contributed by atoms with van der Waals surface area (Å²) in [5.74, 6) is 6.13. The molecule has 1 heterocycles. The van der Waals surface area contributed by atoms with Crippen LogP contribution in [0.2, 0.25) is 0 Å². The lowest BCUT2D eigenvalue weighted by atomic mass is 10.2. The SMILES string of the molecule is NNc1cc(NCCc2ccco2)cc([N+](=O)[O-])c1. The number of rotatable bonds is 6. The number of nitrogens with two attached hydrogens (primary N) is 1. The fourth-order valence-electron chi connectivity index (χ4n) is 1.69. The maximum atomic E-state index is 10.8. The van der Waals surface area contributed by atoms with Crippen molar-refractivity contribution >= 4 is 17.1 Å². The van der Waals surface area contributed by atoms with Crippen LogP contribution in [0.3, 0.4) is 0 Å². The van der Waals surface area contributed by atoms with Crippen LogP contribution in [0.25, 0.3) is 0 Å². The van der Waals surface area contributed by atoms with E-state index in [0.717, 1.165) is 5.76 Å². The molecule has 0 saturated carbocycles. The number of hydrogen-bond donors (Lipinski definition) is 3. The molecule has 19 heavy (non-hydrogen) atoms. The Kier molecular flexibility index (Phi) is 3.99. The Morgan fingerprint density at radius 1 is 1.32 bits per heavy atom. The predicted octanol–water partition coefficient (Wildman–Crippen LogP) is 2.13. The summed E-state index contributed by atoms with van der Waals surface area (Å²) >= 11 is 0. The van der Waals surface area contributed by atoms with Crippen molar-refractivity contribution in [3.8, 4) is 0 Å². The number of benzene rings is 1. The van der Waals surface area contributed by atoms with Gasteiger partial charge in [0.25, 0.3) is 5.69 Å². The molecule has 1 aromatic heterocycles. The van der Waals surface area contributed by atoms with E-state index in [4.69, 9.17) is 10.3 Å². The fraction of sp³-hybridized carbons (Fsp3) is 0.167. The summed E-state index contributed by atoms with van der Waals surface area (Å²) in [6, 6.07) is 8.23. The number of nitrogens with zero attached hydrogens (tertiary/aromatic N) is 1. The van der Waals surface area contributed by atoms with E-state index in [1.54, 1.807) is 12.3 Å². The summed E-state index contributed by atoms with van der Waals surface area (Å²) in [7, 11) is 0. The smallest absolute Gasteiger partial charge is 0.273 e. The van der Waals surface area contributed by atoms with Gasteiger partial charge in [-0.25, -0.2) is 0 Å². The Hall–Kier alpha value is -2.54. The van der Waals surface area contributed by atoms with Crippen molar-refractivity contribution in [3.63, 3.8) is 0 Å². The van der Waals surface area contributed by atoms with Crippen LogP contribution < -0.4 is 16.6 Å². The molecule has 100 valence electrons. The van der Waals surface area contributed by atoms with Crippen molar-refractivity contribution in [2.24, 2.45) is 5.84 Å². The third kappa shape index (κ3) is 3.46. The highest BCUT2D eigenvalue weighted by atomic mass is 16.6. The lowest BCUT2D eigenvalue weighted by Crippen LogP contribution is -2.09. The second-order valence-corrected chi connectivity index (χ2v) is 3.93. The van der Waals surface area contributed by atoms with Crippen LogP contribution in [0.1, 0.15) is 5.76 Å². The number of nitro benzene ring substituents is 1. The first-order valence-electron chi connectivity index (χ1n) is 5.71. The Bertz CT molecular complexity index is 554. The molecule has 1 aromatic carbocycles. The molecule has 0 fully saturated rings. The zero-order valence-corrected chi connectivity index (χ0v) is 10.1. The summed E-state index contributed by atoms with van der Waals surface area (Å²) in [5, 5.41) is 13.9. The van der Waals surface area contributed by atoms with E-state index in [2.05, 4.69) is 10.7 Å². The summed E-state index contributed by atoms with van der Waals surface area (Å²) in [6.45, 7) is 0.610. The Labute approximate surface area is 109 Å². The molecule has 0 amide bonds. The number of nitro groups is 1. The molecule has 0 aliphatic heterocycles. The largest absolute Gasteiger partial charge is 0.469 e. The van der Waals surface area contributed by atoms with Crippen molar-refractivity contribution in [1.82, 2.24) is 0 Å². The molecule has 2 rings (SSSR count). The molecule has 0 aliphatic rings. The van der Waals surface area contributed by atoms with Crippen molar-refractivity contribution < 1.29 is 9.34 Å². The van der Waals surface area contributed by atoms with Gasteiger partial charge in [-0.15, -0.1) is 0 Å². The Morgan fingerprint density at radius 2 is 2.11 bits per heavy atom. The monoisotopic (exact) mass is 262 g/mol. The molecule has 7 nitrogen and oxygen atoms in total. The fourth-order valence-corrected chi connectivity index (χ4v) is 1.69. The molecular formula is C12H14N4O3.